The number of aromatic amines is 1. The van der Waals surface area contributed by atoms with Gasteiger partial charge in [-0.05, 0) is 19.5 Å². The van der Waals surface area contributed by atoms with Gasteiger partial charge in [0.25, 0.3) is 5.56 Å². The number of nitrogen functional groups attached to an aromatic ring is 1. The molecule has 1 rings (SSSR count). The Hall–Kier alpha value is -1.36. The van der Waals surface area contributed by atoms with E-state index < -0.39 is 0 Å². The fourth-order valence-corrected chi connectivity index (χ4v) is 1.83. The minimum Gasteiger partial charge on any atom is -0.383 e. The zero-order valence-electron chi connectivity index (χ0n) is 10.9. The molecular weight excluding hydrogens is 216 g/mol. The van der Waals surface area contributed by atoms with Gasteiger partial charge < -0.3 is 15.6 Å². The third kappa shape index (κ3) is 3.56. The van der Waals surface area contributed by atoms with Gasteiger partial charge in [0, 0.05) is 13.0 Å². The molecule has 1 aromatic heterocycles. The lowest BCUT2D eigenvalue weighted by molar-refractivity contribution is 0.305. The predicted octanol–water partition coefficient (Wildman–Crippen LogP) is 0.799. The molecule has 0 saturated heterocycles. The maximum Gasteiger partial charge on any atom is 0.256 e. The summed E-state index contributed by atoms with van der Waals surface area (Å²) in [7, 11) is 0. The van der Waals surface area contributed by atoms with E-state index in [2.05, 4.69) is 28.7 Å². The van der Waals surface area contributed by atoms with Crippen molar-refractivity contribution in [1.29, 1.82) is 0 Å². The van der Waals surface area contributed by atoms with Crippen LogP contribution in [0.25, 0.3) is 0 Å². The van der Waals surface area contributed by atoms with Crippen molar-refractivity contribution in [3.05, 3.63) is 21.7 Å². The van der Waals surface area contributed by atoms with Gasteiger partial charge in [-0.2, -0.15) is 0 Å². The van der Waals surface area contributed by atoms with Crippen LogP contribution in [-0.2, 0) is 12.8 Å². The smallest absolute Gasteiger partial charge is 0.256 e. The molecule has 0 bridgehead atoms. The molecule has 17 heavy (non-hydrogen) atoms. The van der Waals surface area contributed by atoms with Crippen molar-refractivity contribution in [1.82, 2.24) is 14.9 Å². The minimum atomic E-state index is -0.102. The Morgan fingerprint density at radius 2 is 1.94 bits per heavy atom. The fraction of sp³-hybridized carbons (Fsp3) is 0.667. The van der Waals surface area contributed by atoms with Gasteiger partial charge in [-0.1, -0.05) is 20.8 Å². The summed E-state index contributed by atoms with van der Waals surface area (Å²) in [5.74, 6) is 1.04. The molecule has 96 valence electrons. The molecule has 0 aliphatic carbocycles. The first kappa shape index (κ1) is 13.7. The van der Waals surface area contributed by atoms with E-state index in [1.165, 1.54) is 0 Å². The quantitative estimate of drug-likeness (QED) is 0.768. The summed E-state index contributed by atoms with van der Waals surface area (Å²) in [5.41, 5.74) is 6.24. The number of rotatable bonds is 6. The number of nitrogens with two attached hydrogens (primary N) is 1. The van der Waals surface area contributed by atoms with Crippen LogP contribution >= 0.6 is 0 Å². The Morgan fingerprint density at radius 3 is 2.41 bits per heavy atom. The third-order valence-electron chi connectivity index (χ3n) is 3.01. The van der Waals surface area contributed by atoms with Crippen LogP contribution in [0.1, 0.15) is 32.2 Å². The van der Waals surface area contributed by atoms with Gasteiger partial charge in [0.15, 0.2) is 0 Å². The largest absolute Gasteiger partial charge is 0.383 e. The maximum atomic E-state index is 11.7. The van der Waals surface area contributed by atoms with E-state index in [1.807, 2.05) is 6.92 Å². The second-order valence-corrected chi connectivity index (χ2v) is 4.01. The summed E-state index contributed by atoms with van der Waals surface area (Å²) in [6.07, 6.45) is 1.34. The molecule has 3 N–H and O–H groups in total. The first-order valence-corrected chi connectivity index (χ1v) is 6.22. The van der Waals surface area contributed by atoms with Crippen molar-refractivity contribution in [2.75, 3.05) is 25.4 Å². The van der Waals surface area contributed by atoms with E-state index in [-0.39, 0.29) is 5.56 Å². The summed E-state index contributed by atoms with van der Waals surface area (Å²) in [5, 5.41) is 0. The molecule has 0 aromatic carbocycles. The number of anilines is 1. The van der Waals surface area contributed by atoms with Gasteiger partial charge >= 0.3 is 0 Å². The molecule has 1 aromatic rings. The van der Waals surface area contributed by atoms with Crippen LogP contribution in [0.4, 0.5) is 5.82 Å². The third-order valence-corrected chi connectivity index (χ3v) is 3.01. The number of nitrogens with one attached hydrogen (secondary N) is 1. The molecule has 5 nitrogen and oxygen atoms in total. The lowest BCUT2D eigenvalue weighted by Gasteiger charge is -2.17. The molecule has 0 atom stereocenters. The Kier molecular flexibility index (Phi) is 5.15. The maximum absolute atomic E-state index is 11.7. The lowest BCUT2D eigenvalue weighted by Crippen LogP contribution is -2.27. The van der Waals surface area contributed by atoms with Crippen LogP contribution < -0.4 is 11.3 Å². The second kappa shape index (κ2) is 6.39. The second-order valence-electron chi connectivity index (χ2n) is 4.01. The Morgan fingerprint density at radius 1 is 1.29 bits per heavy atom. The molecule has 0 radical (unpaired) electrons. The summed E-state index contributed by atoms with van der Waals surface area (Å²) in [6, 6.07) is 0. The van der Waals surface area contributed by atoms with Crippen LogP contribution in [-0.4, -0.2) is 34.5 Å². The number of hydrogen-bond acceptors (Lipinski definition) is 4. The van der Waals surface area contributed by atoms with Crippen molar-refractivity contribution in [3.8, 4) is 0 Å². The monoisotopic (exact) mass is 238 g/mol. The highest BCUT2D eigenvalue weighted by atomic mass is 16.1. The van der Waals surface area contributed by atoms with Crippen molar-refractivity contribution < 1.29 is 0 Å². The van der Waals surface area contributed by atoms with Crippen LogP contribution in [0.2, 0.25) is 0 Å². The van der Waals surface area contributed by atoms with Crippen LogP contribution in [0.5, 0.6) is 0 Å². The van der Waals surface area contributed by atoms with E-state index in [9.17, 15) is 4.79 Å². The fourth-order valence-electron chi connectivity index (χ4n) is 1.83. The highest BCUT2D eigenvalue weighted by molar-refractivity contribution is 5.37. The number of hydrogen-bond donors (Lipinski definition) is 2. The first-order valence-electron chi connectivity index (χ1n) is 6.22. The van der Waals surface area contributed by atoms with Crippen molar-refractivity contribution in [2.45, 2.75) is 33.6 Å². The summed E-state index contributed by atoms with van der Waals surface area (Å²) >= 11 is 0. The zero-order chi connectivity index (χ0) is 12.8. The average Bonchev–Trinajstić information content (AvgIpc) is 2.30. The summed E-state index contributed by atoms with van der Waals surface area (Å²) < 4.78 is 0. The molecular formula is C12H22N4O. The topological polar surface area (TPSA) is 75.0 Å². The number of nitrogens with zero attached hydrogens (tertiary/aromatic N) is 2. The van der Waals surface area contributed by atoms with E-state index in [1.54, 1.807) is 0 Å². The number of H-pyrrole nitrogens is 1. The van der Waals surface area contributed by atoms with Gasteiger partial charge in [0.2, 0.25) is 0 Å². The molecule has 0 fully saturated rings. The highest BCUT2D eigenvalue weighted by Crippen LogP contribution is 2.04. The van der Waals surface area contributed by atoms with Crippen LogP contribution in [0.15, 0.2) is 4.79 Å². The number of likely N-dealkylation sites (N-methyl/N-ethyl adjacent to an activating group) is 1. The van der Waals surface area contributed by atoms with Crippen LogP contribution in [0.3, 0.4) is 0 Å². The SMILES string of the molecule is CCc1c(N)nc(CCN(CC)CC)[nH]c1=O. The van der Waals surface area contributed by atoms with Gasteiger partial charge in [0.1, 0.15) is 11.6 Å². The van der Waals surface area contributed by atoms with Crippen molar-refractivity contribution in [3.63, 3.8) is 0 Å². The Bertz CT molecular complexity index is 409. The Labute approximate surface area is 102 Å². The normalized spacial score (nSPS) is 11.1. The van der Waals surface area contributed by atoms with Gasteiger partial charge in [-0.3, -0.25) is 4.79 Å². The molecule has 1 heterocycles. The Balaban J connectivity index is 2.77. The van der Waals surface area contributed by atoms with E-state index in [0.29, 0.717) is 23.6 Å². The lowest BCUT2D eigenvalue weighted by atomic mass is 10.2. The standard InChI is InChI=1S/C12H22N4O/c1-4-9-11(13)14-10(15-12(9)17)7-8-16(5-2)6-3/h4-8H2,1-3H3,(H3,13,14,15,17). The van der Waals surface area contributed by atoms with E-state index in [0.717, 1.165) is 26.1 Å². The molecule has 0 amide bonds. The summed E-state index contributed by atoms with van der Waals surface area (Å²) in [4.78, 5) is 21.0. The van der Waals surface area contributed by atoms with Gasteiger partial charge in [0.05, 0.1) is 5.56 Å². The molecule has 0 aliphatic rings. The molecule has 0 aliphatic heterocycles. The molecule has 5 heteroatoms. The highest BCUT2D eigenvalue weighted by Gasteiger charge is 2.07. The zero-order valence-corrected chi connectivity index (χ0v) is 10.9. The molecule has 0 saturated carbocycles. The molecule has 0 unspecified atom stereocenters. The minimum absolute atomic E-state index is 0.102. The first-order chi connectivity index (χ1) is 8.12. The van der Waals surface area contributed by atoms with Crippen molar-refractivity contribution in [2.24, 2.45) is 0 Å². The predicted molar refractivity (Wildman–Crippen MR) is 70.1 cm³/mol. The van der Waals surface area contributed by atoms with E-state index in [4.69, 9.17) is 5.73 Å². The van der Waals surface area contributed by atoms with Gasteiger partial charge in [-0.25, -0.2) is 4.98 Å². The van der Waals surface area contributed by atoms with E-state index >= 15 is 0 Å². The van der Waals surface area contributed by atoms with Gasteiger partial charge in [-0.15, -0.1) is 0 Å². The summed E-state index contributed by atoms with van der Waals surface area (Å²) in [6.45, 7) is 9.04. The molecule has 0 spiro atoms. The van der Waals surface area contributed by atoms with Crippen molar-refractivity contribution >= 4 is 5.82 Å². The number of aromatic nitrogens is 2. The van der Waals surface area contributed by atoms with Crippen LogP contribution in [0, 0.1) is 0 Å². The average molecular weight is 238 g/mol.